The van der Waals surface area contributed by atoms with Gasteiger partial charge in [-0.2, -0.15) is 0 Å². The maximum atomic E-state index is 15.3. The minimum absolute atomic E-state index is 0.0256. The Labute approximate surface area is 293 Å². The Morgan fingerprint density at radius 3 is 2.27 bits per heavy atom. The molecule has 2 fully saturated rings. The summed E-state index contributed by atoms with van der Waals surface area (Å²) < 4.78 is 10.0. The molecule has 12 heteroatoms. The van der Waals surface area contributed by atoms with Crippen LogP contribution in [0.25, 0.3) is 5.69 Å². The van der Waals surface area contributed by atoms with Crippen LogP contribution in [0, 0.1) is 5.92 Å². The summed E-state index contributed by atoms with van der Waals surface area (Å²) in [6, 6.07) is 26.8. The number of phenols is 1. The number of hydrogen-bond acceptors (Lipinski definition) is 6. The summed E-state index contributed by atoms with van der Waals surface area (Å²) in [5.41, 5.74) is -0.422. The molecule has 1 N–H and O–H groups in total. The standard InChI is InChI=1S/C37H28BrClN4O6/c1-49-30-18-22(38)17-27(32(30)44)31-26-15-16-40-35(47)42(24-12-6-3-7-13-24)36(48)43(40)29(26)20-28-33(45)41(25-14-8-11-23(39)19-25)34(46)37(28,31)21-9-4-2-5-10-21/h2-15,17-19,28-29,31,44H,16,20H2,1H3/t28-,29+,31+,37+/m0/s1. The number of allylic oxidation sites excluding steroid dienone is 2. The van der Waals surface area contributed by atoms with Gasteiger partial charge in [-0.05, 0) is 60.0 Å². The zero-order chi connectivity index (χ0) is 34.2. The molecule has 1 saturated heterocycles. The normalized spacial score (nSPS) is 22.7. The molecule has 4 aromatic carbocycles. The van der Waals surface area contributed by atoms with Gasteiger partial charge in [0.1, 0.15) is 0 Å². The number of methoxy groups -OCH3 is 1. The van der Waals surface area contributed by atoms with Crippen molar-refractivity contribution in [1.82, 2.24) is 13.9 Å². The maximum Gasteiger partial charge on any atom is 0.352 e. The maximum absolute atomic E-state index is 15.3. The van der Waals surface area contributed by atoms with Crippen LogP contribution < -0.4 is 21.0 Å². The van der Waals surface area contributed by atoms with Gasteiger partial charge in [0, 0.05) is 21.0 Å². The summed E-state index contributed by atoms with van der Waals surface area (Å²) in [7, 11) is 1.43. The van der Waals surface area contributed by atoms with E-state index in [4.69, 9.17) is 16.3 Å². The quantitative estimate of drug-likeness (QED) is 0.182. The molecule has 3 aliphatic rings. The van der Waals surface area contributed by atoms with Crippen LogP contribution in [0.2, 0.25) is 5.02 Å². The van der Waals surface area contributed by atoms with Gasteiger partial charge in [-0.25, -0.2) is 28.4 Å². The molecule has 3 heterocycles. The van der Waals surface area contributed by atoms with Gasteiger partial charge < -0.3 is 9.84 Å². The van der Waals surface area contributed by atoms with Crippen molar-refractivity contribution in [2.75, 3.05) is 12.0 Å². The van der Waals surface area contributed by atoms with Crippen molar-refractivity contribution in [2.24, 2.45) is 5.92 Å². The third-order valence-electron chi connectivity index (χ3n) is 10.0. The van der Waals surface area contributed by atoms with Crippen LogP contribution >= 0.6 is 27.5 Å². The van der Waals surface area contributed by atoms with Crippen LogP contribution in [0.4, 0.5) is 5.69 Å². The molecule has 0 radical (unpaired) electrons. The third-order valence-corrected chi connectivity index (χ3v) is 10.7. The summed E-state index contributed by atoms with van der Waals surface area (Å²) in [6.45, 7) is 0.0256. The number of ether oxygens (including phenoxy) is 1. The molecule has 5 aromatic rings. The molecule has 2 aliphatic heterocycles. The highest BCUT2D eigenvalue weighted by Gasteiger charge is 2.69. The molecule has 4 atom stereocenters. The summed E-state index contributed by atoms with van der Waals surface area (Å²) in [4.78, 5) is 59.4. The fourth-order valence-electron chi connectivity index (χ4n) is 8.12. The first-order chi connectivity index (χ1) is 23.7. The van der Waals surface area contributed by atoms with Crippen LogP contribution in [0.3, 0.4) is 0 Å². The van der Waals surface area contributed by atoms with E-state index < -0.39 is 46.5 Å². The van der Waals surface area contributed by atoms with E-state index in [1.54, 1.807) is 66.7 Å². The zero-order valence-electron chi connectivity index (χ0n) is 26.0. The Hall–Kier alpha value is -5.13. The summed E-state index contributed by atoms with van der Waals surface area (Å²) in [5, 5.41) is 12.2. The van der Waals surface area contributed by atoms with Gasteiger partial charge in [0.15, 0.2) is 11.5 Å². The minimum atomic E-state index is -1.57. The Morgan fingerprint density at radius 2 is 1.57 bits per heavy atom. The Kier molecular flexibility index (Phi) is 7.31. The molecule has 1 aliphatic carbocycles. The minimum Gasteiger partial charge on any atom is -0.504 e. The number of anilines is 1. The second-order valence-electron chi connectivity index (χ2n) is 12.3. The Balaban J connectivity index is 1.45. The first-order valence-corrected chi connectivity index (χ1v) is 16.8. The topological polar surface area (TPSA) is 116 Å². The summed E-state index contributed by atoms with van der Waals surface area (Å²) >= 11 is 9.93. The van der Waals surface area contributed by atoms with Crippen molar-refractivity contribution in [3.8, 4) is 17.2 Å². The van der Waals surface area contributed by atoms with Gasteiger partial charge in [-0.15, -0.1) is 0 Å². The highest BCUT2D eigenvalue weighted by Crippen LogP contribution is 2.64. The van der Waals surface area contributed by atoms with Crippen molar-refractivity contribution in [3.63, 3.8) is 0 Å². The number of aromatic nitrogens is 3. The van der Waals surface area contributed by atoms with E-state index >= 15 is 4.79 Å². The molecule has 1 aromatic heterocycles. The number of para-hydroxylation sites is 1. The molecule has 246 valence electrons. The average molecular weight is 740 g/mol. The van der Waals surface area contributed by atoms with Crippen LogP contribution in [0.1, 0.15) is 29.5 Å². The van der Waals surface area contributed by atoms with Crippen LogP contribution in [-0.2, 0) is 21.5 Å². The van der Waals surface area contributed by atoms with Crippen LogP contribution in [0.15, 0.2) is 123 Å². The molecular weight excluding hydrogens is 712 g/mol. The van der Waals surface area contributed by atoms with E-state index in [0.29, 0.717) is 37.6 Å². The van der Waals surface area contributed by atoms with E-state index in [0.717, 1.165) is 4.57 Å². The van der Waals surface area contributed by atoms with Gasteiger partial charge in [0.25, 0.3) is 0 Å². The first kappa shape index (κ1) is 31.2. The van der Waals surface area contributed by atoms with Gasteiger partial charge in [-0.1, -0.05) is 88.2 Å². The van der Waals surface area contributed by atoms with Crippen molar-refractivity contribution >= 4 is 45.0 Å². The van der Waals surface area contributed by atoms with Gasteiger partial charge in [-0.3, -0.25) is 9.59 Å². The highest BCUT2D eigenvalue weighted by molar-refractivity contribution is 9.10. The zero-order valence-corrected chi connectivity index (χ0v) is 28.3. The fourth-order valence-corrected chi connectivity index (χ4v) is 8.76. The lowest BCUT2D eigenvalue weighted by atomic mass is 9.53. The second kappa shape index (κ2) is 11.5. The van der Waals surface area contributed by atoms with Crippen LogP contribution in [0.5, 0.6) is 11.5 Å². The number of halogens is 2. The number of fused-ring (bicyclic) bond motifs is 4. The van der Waals surface area contributed by atoms with Crippen molar-refractivity contribution in [2.45, 2.75) is 30.3 Å². The predicted molar refractivity (Wildman–Crippen MR) is 187 cm³/mol. The van der Waals surface area contributed by atoms with E-state index in [-0.39, 0.29) is 24.5 Å². The Morgan fingerprint density at radius 1 is 0.878 bits per heavy atom. The number of imide groups is 1. The van der Waals surface area contributed by atoms with E-state index in [1.807, 2.05) is 36.4 Å². The number of rotatable bonds is 5. The predicted octanol–water partition coefficient (Wildman–Crippen LogP) is 5.73. The number of aromatic hydroxyl groups is 1. The van der Waals surface area contributed by atoms with Gasteiger partial charge in [0.2, 0.25) is 11.8 Å². The molecule has 49 heavy (non-hydrogen) atoms. The number of nitrogens with zero attached hydrogens (tertiary/aromatic N) is 4. The highest BCUT2D eigenvalue weighted by atomic mass is 79.9. The molecule has 0 unspecified atom stereocenters. The molecule has 0 bridgehead atoms. The SMILES string of the molecule is COc1cc(Br)cc([C@H]2C3=CCn4c(=O)n(-c5ccccc5)c(=O)n4[C@@H]3C[C@H]3C(=O)N(c4cccc(Cl)c4)C(=O)[C@@]23c2ccccc2)c1O. The number of phenolic OH excluding ortho intramolecular Hbond substituents is 1. The number of benzene rings is 4. The van der Waals surface area contributed by atoms with E-state index in [1.165, 1.54) is 21.4 Å². The fraction of sp³-hybridized carbons (Fsp3) is 0.189. The lowest BCUT2D eigenvalue weighted by Gasteiger charge is -2.49. The largest absolute Gasteiger partial charge is 0.504 e. The Bertz CT molecular complexity index is 2330. The molecule has 0 spiro atoms. The molecular formula is C37H28BrClN4O6. The van der Waals surface area contributed by atoms with E-state index in [2.05, 4.69) is 15.9 Å². The van der Waals surface area contributed by atoms with Crippen molar-refractivity contribution < 1.29 is 19.4 Å². The molecule has 10 nitrogen and oxygen atoms in total. The van der Waals surface area contributed by atoms with Gasteiger partial charge in [0.05, 0.1) is 42.4 Å². The van der Waals surface area contributed by atoms with Gasteiger partial charge >= 0.3 is 11.4 Å². The second-order valence-corrected chi connectivity index (χ2v) is 13.7. The number of carbonyl (C=O) groups is 2. The first-order valence-electron chi connectivity index (χ1n) is 15.6. The molecule has 2 amide bonds. The summed E-state index contributed by atoms with van der Waals surface area (Å²) in [5.74, 6) is -3.00. The molecule has 1 saturated carbocycles. The number of hydrogen-bond donors (Lipinski definition) is 1. The average Bonchev–Trinajstić information content (AvgIpc) is 3.50. The van der Waals surface area contributed by atoms with Crippen molar-refractivity contribution in [1.29, 1.82) is 0 Å². The smallest absolute Gasteiger partial charge is 0.352 e. The number of amides is 2. The molecule has 8 rings (SSSR count). The monoisotopic (exact) mass is 738 g/mol. The third kappa shape index (κ3) is 4.38. The lowest BCUT2D eigenvalue weighted by molar-refractivity contribution is -0.124. The van der Waals surface area contributed by atoms with Crippen LogP contribution in [-0.4, -0.2) is 38.0 Å². The summed E-state index contributed by atoms with van der Waals surface area (Å²) in [6.07, 6.45) is 1.88. The lowest BCUT2D eigenvalue weighted by Crippen LogP contribution is -2.53. The van der Waals surface area contributed by atoms with Crippen molar-refractivity contribution in [3.05, 3.63) is 150 Å². The number of carbonyl (C=O) groups excluding carboxylic acids is 2. The van der Waals surface area contributed by atoms with E-state index in [9.17, 15) is 19.5 Å².